The molecule has 0 heterocycles. The molecule has 2 amide bonds. The Kier molecular flexibility index (Phi) is 6.23. The Bertz CT molecular complexity index is 755. The van der Waals surface area contributed by atoms with Gasteiger partial charge in [0.1, 0.15) is 0 Å². The summed E-state index contributed by atoms with van der Waals surface area (Å²) in [5.41, 5.74) is 3.34. The molecule has 0 aliphatic rings. The number of para-hydroxylation sites is 1. The molecule has 126 valence electrons. The van der Waals surface area contributed by atoms with Crippen molar-refractivity contribution in [1.82, 2.24) is 5.32 Å². The lowest BCUT2D eigenvalue weighted by Gasteiger charge is -2.11. The van der Waals surface area contributed by atoms with Crippen LogP contribution >= 0.6 is 23.2 Å². The molecular weight excluding hydrogens is 347 g/mol. The molecule has 0 unspecified atom stereocenters. The molecule has 0 saturated carbocycles. The Hall–Kier alpha value is -2.04. The summed E-state index contributed by atoms with van der Waals surface area (Å²) in [6.45, 7) is 4.06. The molecule has 2 N–H and O–H groups in total. The summed E-state index contributed by atoms with van der Waals surface area (Å²) in [5.74, 6) is -1.36. The number of amides is 2. The molecule has 4 nitrogen and oxygen atoms in total. The van der Waals surface area contributed by atoms with Crippen molar-refractivity contribution in [2.45, 2.75) is 20.3 Å². The number of nitrogens with one attached hydrogen (secondary N) is 2. The van der Waals surface area contributed by atoms with Crippen LogP contribution in [0, 0.1) is 13.8 Å². The van der Waals surface area contributed by atoms with E-state index in [4.69, 9.17) is 23.2 Å². The van der Waals surface area contributed by atoms with Gasteiger partial charge in [-0.25, -0.2) is 0 Å². The maximum Gasteiger partial charge on any atom is 0.313 e. The van der Waals surface area contributed by atoms with Crippen LogP contribution in [-0.2, 0) is 16.0 Å². The number of benzene rings is 2. The first kappa shape index (κ1) is 18.3. The highest BCUT2D eigenvalue weighted by Gasteiger charge is 2.15. The zero-order chi connectivity index (χ0) is 17.7. The highest BCUT2D eigenvalue weighted by molar-refractivity contribution is 6.39. The minimum atomic E-state index is -0.686. The van der Waals surface area contributed by atoms with Crippen LogP contribution in [0.4, 0.5) is 5.69 Å². The molecule has 2 aromatic carbocycles. The summed E-state index contributed by atoms with van der Waals surface area (Å²) in [6.07, 6.45) is 0.512. The van der Waals surface area contributed by atoms with E-state index in [2.05, 4.69) is 10.6 Å². The third-order valence-electron chi connectivity index (χ3n) is 3.62. The zero-order valence-electron chi connectivity index (χ0n) is 13.5. The first-order valence-electron chi connectivity index (χ1n) is 7.48. The van der Waals surface area contributed by atoms with Crippen molar-refractivity contribution >= 4 is 40.7 Å². The van der Waals surface area contributed by atoms with E-state index in [0.29, 0.717) is 28.7 Å². The molecule has 0 aliphatic carbocycles. The fourth-order valence-corrected chi connectivity index (χ4v) is 2.80. The van der Waals surface area contributed by atoms with Crippen molar-refractivity contribution in [3.05, 3.63) is 63.1 Å². The van der Waals surface area contributed by atoms with Crippen LogP contribution in [0.25, 0.3) is 0 Å². The summed E-state index contributed by atoms with van der Waals surface area (Å²) >= 11 is 11.9. The first-order valence-corrected chi connectivity index (χ1v) is 8.23. The Morgan fingerprint density at radius 2 is 1.67 bits per heavy atom. The van der Waals surface area contributed by atoms with E-state index >= 15 is 0 Å². The van der Waals surface area contributed by atoms with Crippen molar-refractivity contribution in [2.75, 3.05) is 11.9 Å². The van der Waals surface area contributed by atoms with E-state index in [9.17, 15) is 9.59 Å². The van der Waals surface area contributed by atoms with Gasteiger partial charge in [-0.1, -0.05) is 47.5 Å². The lowest BCUT2D eigenvalue weighted by Crippen LogP contribution is -2.36. The van der Waals surface area contributed by atoms with Gasteiger partial charge in [0.25, 0.3) is 0 Å². The van der Waals surface area contributed by atoms with Gasteiger partial charge in [0.15, 0.2) is 0 Å². The van der Waals surface area contributed by atoms with E-state index < -0.39 is 11.8 Å². The van der Waals surface area contributed by atoms with Gasteiger partial charge in [-0.15, -0.1) is 0 Å². The van der Waals surface area contributed by atoms with Crippen LogP contribution in [0.1, 0.15) is 16.7 Å². The molecule has 0 saturated heterocycles. The third kappa shape index (κ3) is 4.73. The molecular formula is C18H18Cl2N2O2. The van der Waals surface area contributed by atoms with E-state index in [1.165, 1.54) is 0 Å². The molecule has 6 heteroatoms. The topological polar surface area (TPSA) is 58.2 Å². The smallest absolute Gasteiger partial charge is 0.313 e. The Labute approximate surface area is 151 Å². The second-order valence-electron chi connectivity index (χ2n) is 5.46. The maximum atomic E-state index is 12.0. The summed E-state index contributed by atoms with van der Waals surface area (Å²) < 4.78 is 0. The molecule has 0 fully saturated rings. The minimum Gasteiger partial charge on any atom is -0.347 e. The highest BCUT2D eigenvalue weighted by atomic mass is 35.5. The quantitative estimate of drug-likeness (QED) is 0.808. The Morgan fingerprint density at radius 3 is 2.29 bits per heavy atom. The first-order chi connectivity index (χ1) is 11.4. The predicted molar refractivity (Wildman–Crippen MR) is 97.7 cm³/mol. The van der Waals surface area contributed by atoms with Gasteiger partial charge in [0.2, 0.25) is 0 Å². The van der Waals surface area contributed by atoms with E-state index in [-0.39, 0.29) is 0 Å². The standard InChI is InChI=1S/C18H18Cl2N2O2/c1-11-4-3-5-12(2)16(11)22-18(24)17(23)21-9-8-13-6-7-14(19)10-15(13)20/h3-7,10H,8-9H2,1-2H3,(H,21,23)(H,22,24). The number of anilines is 1. The van der Waals surface area contributed by atoms with Gasteiger partial charge in [0.05, 0.1) is 0 Å². The van der Waals surface area contributed by atoms with Crippen LogP contribution in [0.5, 0.6) is 0 Å². The lowest BCUT2D eigenvalue weighted by molar-refractivity contribution is -0.136. The number of halogens is 2. The second kappa shape index (κ2) is 8.18. The van der Waals surface area contributed by atoms with Crippen LogP contribution in [-0.4, -0.2) is 18.4 Å². The average Bonchev–Trinajstić information content (AvgIpc) is 2.52. The predicted octanol–water partition coefficient (Wildman–Crippen LogP) is 3.91. The van der Waals surface area contributed by atoms with Gasteiger partial charge in [-0.2, -0.15) is 0 Å². The number of hydrogen-bond donors (Lipinski definition) is 2. The Morgan fingerprint density at radius 1 is 1.00 bits per heavy atom. The summed E-state index contributed by atoms with van der Waals surface area (Å²) in [7, 11) is 0. The molecule has 0 radical (unpaired) electrons. The van der Waals surface area contributed by atoms with Crippen molar-refractivity contribution in [2.24, 2.45) is 0 Å². The number of carbonyl (C=O) groups excluding carboxylic acids is 2. The van der Waals surface area contributed by atoms with Gasteiger partial charge >= 0.3 is 11.8 Å². The van der Waals surface area contributed by atoms with Crippen LogP contribution < -0.4 is 10.6 Å². The molecule has 2 rings (SSSR count). The van der Waals surface area contributed by atoms with E-state index in [1.807, 2.05) is 32.0 Å². The number of carbonyl (C=O) groups is 2. The largest absolute Gasteiger partial charge is 0.347 e. The van der Waals surface area contributed by atoms with Gasteiger partial charge in [0, 0.05) is 22.3 Å². The Balaban J connectivity index is 1.89. The summed E-state index contributed by atoms with van der Waals surface area (Å²) in [4.78, 5) is 23.9. The number of hydrogen-bond acceptors (Lipinski definition) is 2. The zero-order valence-corrected chi connectivity index (χ0v) is 15.0. The van der Waals surface area contributed by atoms with Crippen molar-refractivity contribution in [3.63, 3.8) is 0 Å². The van der Waals surface area contributed by atoms with Crippen molar-refractivity contribution < 1.29 is 9.59 Å². The summed E-state index contributed by atoms with van der Waals surface area (Å²) in [5, 5.41) is 6.34. The van der Waals surface area contributed by atoms with Gasteiger partial charge < -0.3 is 10.6 Å². The molecule has 0 spiro atoms. The molecule has 0 aliphatic heterocycles. The van der Waals surface area contributed by atoms with Crippen LogP contribution in [0.15, 0.2) is 36.4 Å². The number of aryl methyl sites for hydroxylation is 2. The van der Waals surface area contributed by atoms with E-state index in [0.717, 1.165) is 16.7 Å². The molecule has 0 bridgehead atoms. The normalized spacial score (nSPS) is 10.3. The fraction of sp³-hybridized carbons (Fsp3) is 0.222. The molecule has 0 atom stereocenters. The second-order valence-corrected chi connectivity index (χ2v) is 6.31. The van der Waals surface area contributed by atoms with Crippen LogP contribution in [0.3, 0.4) is 0 Å². The summed E-state index contributed by atoms with van der Waals surface area (Å²) in [6, 6.07) is 10.8. The van der Waals surface area contributed by atoms with E-state index in [1.54, 1.807) is 18.2 Å². The van der Waals surface area contributed by atoms with Crippen molar-refractivity contribution in [1.29, 1.82) is 0 Å². The molecule has 0 aromatic heterocycles. The maximum absolute atomic E-state index is 12.0. The SMILES string of the molecule is Cc1cccc(C)c1NC(=O)C(=O)NCCc1ccc(Cl)cc1Cl. The third-order valence-corrected chi connectivity index (χ3v) is 4.21. The highest BCUT2D eigenvalue weighted by Crippen LogP contribution is 2.21. The monoisotopic (exact) mass is 364 g/mol. The van der Waals surface area contributed by atoms with Gasteiger partial charge in [-0.3, -0.25) is 9.59 Å². The fourth-order valence-electron chi connectivity index (χ4n) is 2.30. The lowest BCUT2D eigenvalue weighted by atomic mass is 10.1. The minimum absolute atomic E-state index is 0.306. The van der Waals surface area contributed by atoms with Crippen molar-refractivity contribution in [3.8, 4) is 0 Å². The molecule has 24 heavy (non-hydrogen) atoms. The van der Waals surface area contributed by atoms with Crippen LogP contribution in [0.2, 0.25) is 10.0 Å². The average molecular weight is 365 g/mol. The molecule has 2 aromatic rings. The van der Waals surface area contributed by atoms with Gasteiger partial charge in [-0.05, 0) is 49.1 Å². The number of rotatable bonds is 4.